The summed E-state index contributed by atoms with van der Waals surface area (Å²) >= 11 is 0. The normalized spacial score (nSPS) is 12.4. The Kier molecular flexibility index (Phi) is 5.16. The van der Waals surface area contributed by atoms with Gasteiger partial charge in [0.25, 0.3) is 0 Å². The summed E-state index contributed by atoms with van der Waals surface area (Å²) in [5.74, 6) is 1.08. The third kappa shape index (κ3) is 4.14. The summed E-state index contributed by atoms with van der Waals surface area (Å²) in [6, 6.07) is 6.78. The van der Waals surface area contributed by atoms with E-state index < -0.39 is 11.7 Å². The summed E-state index contributed by atoms with van der Waals surface area (Å²) in [5, 5.41) is 9.45. The molecule has 0 atom stereocenters. The minimum atomic E-state index is -4.36. The van der Waals surface area contributed by atoms with Crippen LogP contribution in [-0.4, -0.2) is 23.1 Å². The fourth-order valence-electron chi connectivity index (χ4n) is 2.11. The fourth-order valence-corrected chi connectivity index (χ4v) is 2.11. The molecular formula is C17H20F3NO2. The zero-order valence-electron chi connectivity index (χ0n) is 13.3. The van der Waals surface area contributed by atoms with E-state index >= 15 is 0 Å². The zero-order valence-corrected chi connectivity index (χ0v) is 13.3. The summed E-state index contributed by atoms with van der Waals surface area (Å²) in [4.78, 5) is 2.05. The summed E-state index contributed by atoms with van der Waals surface area (Å²) in [6.45, 7) is 4.43. The number of hydrogen-bond donors (Lipinski definition) is 1. The van der Waals surface area contributed by atoms with Crippen molar-refractivity contribution in [3.8, 4) is 11.3 Å². The second-order valence-corrected chi connectivity index (χ2v) is 5.80. The summed E-state index contributed by atoms with van der Waals surface area (Å²) in [5.41, 5.74) is 0.494. The quantitative estimate of drug-likeness (QED) is 0.889. The lowest BCUT2D eigenvalue weighted by Gasteiger charge is -2.19. The van der Waals surface area contributed by atoms with Crippen molar-refractivity contribution in [2.75, 3.05) is 7.05 Å². The molecule has 1 heterocycles. The van der Waals surface area contributed by atoms with Gasteiger partial charge in [0, 0.05) is 17.2 Å². The fraction of sp³-hybridized carbons (Fsp3) is 0.412. The number of rotatable bonds is 5. The maximum Gasteiger partial charge on any atom is 0.416 e. The average Bonchev–Trinajstić information content (AvgIpc) is 2.89. The molecule has 1 N–H and O–H groups in total. The van der Waals surface area contributed by atoms with Crippen molar-refractivity contribution in [2.24, 2.45) is 0 Å². The molecule has 0 spiro atoms. The number of furan rings is 1. The predicted octanol–water partition coefficient (Wildman–Crippen LogP) is 4.30. The SMILES string of the molecule is CC(C)N(C)Cc1oc(-c2ccc(C(F)(F)F)cc2)cc1CO. The number of aliphatic hydroxyl groups is 1. The third-order valence-corrected chi connectivity index (χ3v) is 3.84. The molecule has 0 aliphatic heterocycles. The van der Waals surface area contributed by atoms with Crippen LogP contribution >= 0.6 is 0 Å². The predicted molar refractivity (Wildman–Crippen MR) is 81.7 cm³/mol. The summed E-state index contributed by atoms with van der Waals surface area (Å²) in [7, 11) is 1.94. The van der Waals surface area contributed by atoms with Gasteiger partial charge >= 0.3 is 6.18 Å². The van der Waals surface area contributed by atoms with Crippen LogP contribution in [0.3, 0.4) is 0 Å². The van der Waals surface area contributed by atoms with Crippen LogP contribution in [0.4, 0.5) is 13.2 Å². The first-order chi connectivity index (χ1) is 10.7. The molecule has 0 radical (unpaired) electrons. The van der Waals surface area contributed by atoms with Crippen LogP contribution in [0.25, 0.3) is 11.3 Å². The van der Waals surface area contributed by atoms with E-state index in [1.807, 2.05) is 20.9 Å². The van der Waals surface area contributed by atoms with Crippen LogP contribution in [0.15, 0.2) is 34.7 Å². The van der Waals surface area contributed by atoms with Crippen LogP contribution in [-0.2, 0) is 19.3 Å². The van der Waals surface area contributed by atoms with Gasteiger partial charge in [0.2, 0.25) is 0 Å². The Hall–Kier alpha value is -1.79. The standard InChI is InChI=1S/C17H20F3NO2/c1-11(2)21(3)9-16-13(10-22)8-15(23-16)12-4-6-14(7-5-12)17(18,19)20/h4-8,11,22H,9-10H2,1-3H3. The largest absolute Gasteiger partial charge is 0.459 e. The molecular weight excluding hydrogens is 307 g/mol. The van der Waals surface area contributed by atoms with Crippen LogP contribution in [0.5, 0.6) is 0 Å². The second-order valence-electron chi connectivity index (χ2n) is 5.80. The molecule has 0 aliphatic rings. The lowest BCUT2D eigenvalue weighted by molar-refractivity contribution is -0.137. The molecule has 0 unspecified atom stereocenters. The van der Waals surface area contributed by atoms with E-state index in [1.54, 1.807) is 6.07 Å². The number of halogens is 3. The Labute approximate surface area is 133 Å². The Bertz CT molecular complexity index is 645. The highest BCUT2D eigenvalue weighted by atomic mass is 19.4. The number of benzene rings is 1. The van der Waals surface area contributed by atoms with Crippen LogP contribution < -0.4 is 0 Å². The highest BCUT2D eigenvalue weighted by molar-refractivity contribution is 5.59. The first-order valence-corrected chi connectivity index (χ1v) is 7.32. The van der Waals surface area contributed by atoms with Gasteiger partial charge in [-0.1, -0.05) is 12.1 Å². The maximum absolute atomic E-state index is 12.6. The van der Waals surface area contributed by atoms with Gasteiger partial charge in [-0.15, -0.1) is 0 Å². The van der Waals surface area contributed by atoms with Gasteiger partial charge in [-0.05, 0) is 39.1 Å². The number of hydrogen-bond acceptors (Lipinski definition) is 3. The first-order valence-electron chi connectivity index (χ1n) is 7.32. The van der Waals surface area contributed by atoms with E-state index in [1.165, 1.54) is 12.1 Å². The molecule has 126 valence electrons. The minimum absolute atomic E-state index is 0.175. The number of aliphatic hydroxyl groups excluding tert-OH is 1. The first kappa shape index (κ1) is 17.6. The van der Waals surface area contributed by atoms with Crippen molar-refractivity contribution in [3.05, 3.63) is 47.2 Å². The highest BCUT2D eigenvalue weighted by Crippen LogP contribution is 2.32. The molecule has 23 heavy (non-hydrogen) atoms. The maximum atomic E-state index is 12.6. The van der Waals surface area contributed by atoms with Gasteiger partial charge in [-0.2, -0.15) is 13.2 Å². The highest BCUT2D eigenvalue weighted by Gasteiger charge is 2.30. The molecule has 3 nitrogen and oxygen atoms in total. The zero-order chi connectivity index (χ0) is 17.2. The smallest absolute Gasteiger partial charge is 0.416 e. The van der Waals surface area contributed by atoms with Gasteiger partial charge in [-0.3, -0.25) is 4.90 Å². The monoisotopic (exact) mass is 327 g/mol. The van der Waals surface area contributed by atoms with Crippen molar-refractivity contribution < 1.29 is 22.7 Å². The Morgan fingerprint density at radius 2 is 1.78 bits per heavy atom. The molecule has 0 aliphatic carbocycles. The molecule has 1 aromatic heterocycles. The summed E-state index contributed by atoms with van der Waals surface area (Å²) in [6.07, 6.45) is -4.36. The Balaban J connectivity index is 2.28. The van der Waals surface area contributed by atoms with E-state index in [-0.39, 0.29) is 6.61 Å². The van der Waals surface area contributed by atoms with E-state index in [0.29, 0.717) is 35.2 Å². The van der Waals surface area contributed by atoms with Gasteiger partial charge in [0.1, 0.15) is 11.5 Å². The van der Waals surface area contributed by atoms with Crippen molar-refractivity contribution in [2.45, 2.75) is 39.2 Å². The molecule has 0 saturated heterocycles. The van der Waals surface area contributed by atoms with Crippen molar-refractivity contribution in [3.63, 3.8) is 0 Å². The molecule has 0 fully saturated rings. The Morgan fingerprint density at radius 3 is 2.26 bits per heavy atom. The molecule has 6 heteroatoms. The molecule has 0 saturated carbocycles. The molecule has 1 aromatic carbocycles. The molecule has 2 rings (SSSR count). The lowest BCUT2D eigenvalue weighted by atomic mass is 10.1. The van der Waals surface area contributed by atoms with Crippen molar-refractivity contribution >= 4 is 0 Å². The average molecular weight is 327 g/mol. The van der Waals surface area contributed by atoms with Crippen molar-refractivity contribution in [1.82, 2.24) is 4.90 Å². The molecule has 2 aromatic rings. The molecule has 0 amide bonds. The van der Waals surface area contributed by atoms with E-state index in [0.717, 1.165) is 12.1 Å². The lowest BCUT2D eigenvalue weighted by Crippen LogP contribution is -2.25. The summed E-state index contributed by atoms with van der Waals surface area (Å²) < 4.78 is 43.6. The van der Waals surface area contributed by atoms with Gasteiger partial charge in [-0.25, -0.2) is 0 Å². The van der Waals surface area contributed by atoms with Crippen LogP contribution in [0, 0.1) is 0 Å². The number of nitrogens with zero attached hydrogens (tertiary/aromatic N) is 1. The third-order valence-electron chi connectivity index (χ3n) is 3.84. The second kappa shape index (κ2) is 6.76. The number of alkyl halides is 3. The van der Waals surface area contributed by atoms with Gasteiger partial charge in [0.15, 0.2) is 0 Å². The topological polar surface area (TPSA) is 36.6 Å². The Morgan fingerprint density at radius 1 is 1.17 bits per heavy atom. The van der Waals surface area contributed by atoms with Crippen molar-refractivity contribution in [1.29, 1.82) is 0 Å². The van der Waals surface area contributed by atoms with E-state index in [2.05, 4.69) is 4.90 Å². The minimum Gasteiger partial charge on any atom is -0.459 e. The molecule has 0 bridgehead atoms. The van der Waals surface area contributed by atoms with Gasteiger partial charge < -0.3 is 9.52 Å². The van der Waals surface area contributed by atoms with E-state index in [4.69, 9.17) is 4.42 Å². The van der Waals surface area contributed by atoms with Gasteiger partial charge in [0.05, 0.1) is 18.7 Å². The van der Waals surface area contributed by atoms with Crippen LogP contribution in [0.1, 0.15) is 30.7 Å². The van der Waals surface area contributed by atoms with E-state index in [9.17, 15) is 18.3 Å². The van der Waals surface area contributed by atoms with Crippen LogP contribution in [0.2, 0.25) is 0 Å².